The van der Waals surface area contributed by atoms with Gasteiger partial charge in [0, 0.05) is 25.3 Å². The second-order valence-corrected chi connectivity index (χ2v) is 5.47. The lowest BCUT2D eigenvalue weighted by molar-refractivity contribution is 0.0725. The summed E-state index contributed by atoms with van der Waals surface area (Å²) in [4.78, 5) is 2.87. The van der Waals surface area contributed by atoms with Gasteiger partial charge in [0.15, 0.2) is 0 Å². The normalized spacial score (nSPS) is 18.9. The van der Waals surface area contributed by atoms with E-state index < -0.39 is 0 Å². The molecule has 1 aliphatic rings. The van der Waals surface area contributed by atoms with Crippen LogP contribution in [0.3, 0.4) is 0 Å². The minimum absolute atomic E-state index is 0.402. The minimum atomic E-state index is 0.402. The molecule has 1 aromatic carbocycles. The fraction of sp³-hybridized carbons (Fsp3) is 0.533. The van der Waals surface area contributed by atoms with E-state index in [-0.39, 0.29) is 0 Å². The molecule has 1 saturated heterocycles. The van der Waals surface area contributed by atoms with E-state index in [9.17, 15) is 0 Å². The maximum Gasteiger partial charge on any atom is 0.103 e. The summed E-state index contributed by atoms with van der Waals surface area (Å²) in [6.45, 7) is 6.06. The highest BCUT2D eigenvalue weighted by atomic mass is 32.1. The van der Waals surface area contributed by atoms with Gasteiger partial charge in [-0.05, 0) is 31.0 Å². The molecule has 2 N–H and O–H groups in total. The quantitative estimate of drug-likeness (QED) is 0.811. The van der Waals surface area contributed by atoms with Crippen LogP contribution < -0.4 is 5.73 Å². The summed E-state index contributed by atoms with van der Waals surface area (Å²) >= 11 is 5.02. The second-order valence-electron chi connectivity index (χ2n) is 5.03. The molecule has 1 atom stereocenters. The summed E-state index contributed by atoms with van der Waals surface area (Å²) in [6, 6.07) is 8.19. The van der Waals surface area contributed by atoms with Gasteiger partial charge >= 0.3 is 0 Å². The van der Waals surface area contributed by atoms with Crippen LogP contribution in [0.25, 0.3) is 0 Å². The Kier molecular flexibility index (Phi) is 5.31. The summed E-state index contributed by atoms with van der Waals surface area (Å²) < 4.78 is 5.70. The molecule has 0 amide bonds. The van der Waals surface area contributed by atoms with E-state index >= 15 is 0 Å². The first-order chi connectivity index (χ1) is 9.19. The number of hydrogen-bond acceptors (Lipinski definition) is 3. The molecular formula is C15H22N2OS. The van der Waals surface area contributed by atoms with E-state index in [1.807, 2.05) is 12.1 Å². The molecular weight excluding hydrogens is 256 g/mol. The second kappa shape index (κ2) is 6.98. The molecule has 0 aliphatic carbocycles. The molecule has 1 aromatic rings. The van der Waals surface area contributed by atoms with Crippen LogP contribution in [0.15, 0.2) is 24.3 Å². The van der Waals surface area contributed by atoms with Gasteiger partial charge in [0.25, 0.3) is 0 Å². The Morgan fingerprint density at radius 1 is 1.53 bits per heavy atom. The van der Waals surface area contributed by atoms with E-state index in [1.54, 1.807) is 0 Å². The van der Waals surface area contributed by atoms with Crippen LogP contribution >= 0.6 is 12.2 Å². The van der Waals surface area contributed by atoms with Crippen molar-refractivity contribution in [2.24, 2.45) is 5.73 Å². The topological polar surface area (TPSA) is 38.5 Å². The average molecular weight is 278 g/mol. The summed E-state index contributed by atoms with van der Waals surface area (Å²) in [5, 5.41) is 0. The molecule has 104 valence electrons. The molecule has 0 bridgehead atoms. The lowest BCUT2D eigenvalue weighted by atomic mass is 10.1. The Morgan fingerprint density at radius 2 is 2.37 bits per heavy atom. The SMILES string of the molecule is CCN(Cc1cccc(C(N)=S)c1)CC1CCCO1. The largest absolute Gasteiger partial charge is 0.389 e. The van der Waals surface area contributed by atoms with Gasteiger partial charge in [-0.2, -0.15) is 0 Å². The highest BCUT2D eigenvalue weighted by Crippen LogP contribution is 2.15. The third-order valence-electron chi connectivity index (χ3n) is 3.55. The smallest absolute Gasteiger partial charge is 0.103 e. The van der Waals surface area contributed by atoms with Crippen LogP contribution in [0.5, 0.6) is 0 Å². The summed E-state index contributed by atoms with van der Waals surface area (Å²) in [7, 11) is 0. The number of hydrogen-bond donors (Lipinski definition) is 1. The van der Waals surface area contributed by atoms with Gasteiger partial charge in [-0.1, -0.05) is 37.3 Å². The van der Waals surface area contributed by atoms with Crippen molar-refractivity contribution in [1.82, 2.24) is 4.90 Å². The fourth-order valence-corrected chi connectivity index (χ4v) is 2.59. The van der Waals surface area contributed by atoms with Crippen LogP contribution in [0, 0.1) is 0 Å². The monoisotopic (exact) mass is 278 g/mol. The first-order valence-corrected chi connectivity index (χ1v) is 7.32. The standard InChI is InChI=1S/C15H22N2OS/c1-2-17(11-14-7-4-8-18-14)10-12-5-3-6-13(9-12)15(16)19/h3,5-6,9,14H,2,4,7-8,10-11H2,1H3,(H2,16,19). The summed E-state index contributed by atoms with van der Waals surface area (Å²) in [6.07, 6.45) is 2.78. The van der Waals surface area contributed by atoms with Gasteiger partial charge < -0.3 is 10.5 Å². The number of benzene rings is 1. The van der Waals surface area contributed by atoms with Crippen LogP contribution in [0.4, 0.5) is 0 Å². The minimum Gasteiger partial charge on any atom is -0.389 e. The molecule has 4 heteroatoms. The van der Waals surface area contributed by atoms with Gasteiger partial charge in [0.05, 0.1) is 6.10 Å². The molecule has 0 radical (unpaired) electrons. The van der Waals surface area contributed by atoms with Crippen molar-refractivity contribution < 1.29 is 4.74 Å². The Labute approximate surface area is 120 Å². The number of ether oxygens (including phenoxy) is 1. The van der Waals surface area contributed by atoms with Crippen molar-refractivity contribution in [3.63, 3.8) is 0 Å². The van der Waals surface area contributed by atoms with E-state index in [0.717, 1.165) is 31.8 Å². The zero-order valence-electron chi connectivity index (χ0n) is 11.5. The third-order valence-corrected chi connectivity index (χ3v) is 3.79. The highest BCUT2D eigenvalue weighted by Gasteiger charge is 2.18. The predicted molar refractivity (Wildman–Crippen MR) is 82.3 cm³/mol. The molecule has 0 aromatic heterocycles. The third kappa shape index (κ3) is 4.27. The summed E-state index contributed by atoms with van der Waals surface area (Å²) in [5.74, 6) is 0. The van der Waals surface area contributed by atoms with Gasteiger partial charge in [0.1, 0.15) is 4.99 Å². The molecule has 0 saturated carbocycles. The Balaban J connectivity index is 1.96. The van der Waals surface area contributed by atoms with Crippen molar-refractivity contribution in [1.29, 1.82) is 0 Å². The maximum atomic E-state index is 5.70. The van der Waals surface area contributed by atoms with E-state index in [0.29, 0.717) is 11.1 Å². The fourth-order valence-electron chi connectivity index (χ4n) is 2.46. The van der Waals surface area contributed by atoms with Crippen molar-refractivity contribution in [2.75, 3.05) is 19.7 Å². The van der Waals surface area contributed by atoms with E-state index in [2.05, 4.69) is 24.0 Å². The molecule has 1 fully saturated rings. The molecule has 1 aliphatic heterocycles. The van der Waals surface area contributed by atoms with Gasteiger partial charge in [-0.3, -0.25) is 4.90 Å². The zero-order chi connectivity index (χ0) is 13.7. The predicted octanol–water partition coefficient (Wildman–Crippen LogP) is 2.32. The molecule has 2 rings (SSSR count). The molecule has 1 heterocycles. The Hall–Kier alpha value is -0.970. The number of thiocarbonyl (C=S) groups is 1. The van der Waals surface area contributed by atoms with Crippen LogP contribution in [0.1, 0.15) is 30.9 Å². The van der Waals surface area contributed by atoms with Crippen LogP contribution in [0.2, 0.25) is 0 Å². The molecule has 3 nitrogen and oxygen atoms in total. The highest BCUT2D eigenvalue weighted by molar-refractivity contribution is 7.80. The van der Waals surface area contributed by atoms with Crippen molar-refractivity contribution in [3.8, 4) is 0 Å². The zero-order valence-corrected chi connectivity index (χ0v) is 12.3. The van der Waals surface area contributed by atoms with Gasteiger partial charge in [-0.15, -0.1) is 0 Å². The molecule has 0 spiro atoms. The first-order valence-electron chi connectivity index (χ1n) is 6.91. The van der Waals surface area contributed by atoms with Crippen molar-refractivity contribution >= 4 is 17.2 Å². The van der Waals surface area contributed by atoms with Crippen molar-refractivity contribution in [2.45, 2.75) is 32.4 Å². The molecule has 19 heavy (non-hydrogen) atoms. The maximum absolute atomic E-state index is 5.70. The number of nitrogens with two attached hydrogens (primary N) is 1. The van der Waals surface area contributed by atoms with Crippen LogP contribution in [-0.4, -0.2) is 35.7 Å². The van der Waals surface area contributed by atoms with Gasteiger partial charge in [0.2, 0.25) is 0 Å². The summed E-state index contributed by atoms with van der Waals surface area (Å²) in [5.41, 5.74) is 7.88. The first kappa shape index (κ1) is 14.4. The Morgan fingerprint density at radius 3 is 3.00 bits per heavy atom. The van der Waals surface area contributed by atoms with Crippen LogP contribution in [-0.2, 0) is 11.3 Å². The van der Waals surface area contributed by atoms with Gasteiger partial charge in [-0.25, -0.2) is 0 Å². The average Bonchev–Trinajstić information content (AvgIpc) is 2.91. The lowest BCUT2D eigenvalue weighted by Gasteiger charge is -2.23. The van der Waals surface area contributed by atoms with E-state index in [4.69, 9.17) is 22.7 Å². The number of likely N-dealkylation sites (N-methyl/N-ethyl adjacent to an activating group) is 1. The number of nitrogens with zero attached hydrogens (tertiary/aromatic N) is 1. The number of rotatable bonds is 6. The van der Waals surface area contributed by atoms with Crippen molar-refractivity contribution in [3.05, 3.63) is 35.4 Å². The lowest BCUT2D eigenvalue weighted by Crippen LogP contribution is -2.31. The van der Waals surface area contributed by atoms with E-state index in [1.165, 1.54) is 18.4 Å². The molecule has 1 unspecified atom stereocenters. The Bertz CT molecular complexity index is 430.